The highest BCUT2D eigenvalue weighted by atomic mass is 16.3. The number of rotatable bonds is 8. The van der Waals surface area contributed by atoms with Crippen LogP contribution in [0.4, 0.5) is 5.82 Å². The van der Waals surface area contributed by atoms with Crippen LogP contribution in [-0.2, 0) is 11.3 Å². The standard InChI is InChI=1S/C25H24N4O2/c30-23(26-19-12-13-19)14-15-29(17-18-7-2-1-3-8-18)25-20-9-4-5-10-21(20)27-24(28-25)22-11-6-16-31-22/h1-11,16,19H,12-15,17H2,(H,26,30). The number of fused-ring (bicyclic) bond motifs is 1. The topological polar surface area (TPSA) is 71.3 Å². The van der Waals surface area contributed by atoms with Crippen LogP contribution in [0, 0.1) is 0 Å². The van der Waals surface area contributed by atoms with Crippen molar-refractivity contribution in [3.63, 3.8) is 0 Å². The van der Waals surface area contributed by atoms with Crippen LogP contribution in [0.15, 0.2) is 77.4 Å². The molecule has 1 N–H and O–H groups in total. The van der Waals surface area contributed by atoms with Gasteiger partial charge in [-0.15, -0.1) is 0 Å². The van der Waals surface area contributed by atoms with E-state index in [0.717, 1.165) is 35.1 Å². The molecule has 156 valence electrons. The Balaban J connectivity index is 1.52. The lowest BCUT2D eigenvalue weighted by molar-refractivity contribution is -0.121. The number of nitrogens with one attached hydrogen (secondary N) is 1. The first-order chi connectivity index (χ1) is 15.3. The lowest BCUT2D eigenvalue weighted by Crippen LogP contribution is -2.32. The Kier molecular flexibility index (Phi) is 5.35. The number of furan rings is 1. The molecule has 1 saturated carbocycles. The van der Waals surface area contributed by atoms with E-state index < -0.39 is 0 Å². The third-order valence-corrected chi connectivity index (χ3v) is 5.39. The van der Waals surface area contributed by atoms with Crippen LogP contribution in [0.1, 0.15) is 24.8 Å². The van der Waals surface area contributed by atoms with Gasteiger partial charge in [0.25, 0.3) is 0 Å². The molecule has 2 aromatic heterocycles. The molecule has 0 bridgehead atoms. The van der Waals surface area contributed by atoms with Crippen molar-refractivity contribution in [3.8, 4) is 11.6 Å². The Morgan fingerprint density at radius 3 is 2.58 bits per heavy atom. The summed E-state index contributed by atoms with van der Waals surface area (Å²) in [5.74, 6) is 2.06. The summed E-state index contributed by atoms with van der Waals surface area (Å²) in [6.07, 6.45) is 4.21. The Labute approximate surface area is 180 Å². The molecule has 1 fully saturated rings. The average Bonchev–Trinajstić information content (AvgIpc) is 3.44. The number of anilines is 1. The number of nitrogens with zero attached hydrogens (tertiary/aromatic N) is 3. The molecule has 0 unspecified atom stereocenters. The number of hydrogen-bond acceptors (Lipinski definition) is 5. The lowest BCUT2D eigenvalue weighted by Gasteiger charge is -2.25. The molecule has 1 aliphatic rings. The monoisotopic (exact) mass is 412 g/mol. The number of aromatic nitrogens is 2. The van der Waals surface area contributed by atoms with Crippen LogP contribution in [0.25, 0.3) is 22.5 Å². The van der Waals surface area contributed by atoms with Crippen molar-refractivity contribution in [2.24, 2.45) is 0 Å². The van der Waals surface area contributed by atoms with Crippen molar-refractivity contribution in [3.05, 3.63) is 78.6 Å². The molecule has 0 spiro atoms. The summed E-state index contributed by atoms with van der Waals surface area (Å²) in [6, 6.07) is 22.3. The van der Waals surface area contributed by atoms with E-state index >= 15 is 0 Å². The molecule has 0 saturated heterocycles. The molecule has 6 nitrogen and oxygen atoms in total. The zero-order valence-corrected chi connectivity index (χ0v) is 17.2. The van der Waals surface area contributed by atoms with E-state index in [1.807, 2.05) is 54.6 Å². The fourth-order valence-electron chi connectivity index (χ4n) is 3.64. The van der Waals surface area contributed by atoms with Crippen LogP contribution >= 0.6 is 0 Å². The maximum absolute atomic E-state index is 12.4. The van der Waals surface area contributed by atoms with Crippen molar-refractivity contribution < 1.29 is 9.21 Å². The molecule has 0 radical (unpaired) electrons. The zero-order chi connectivity index (χ0) is 21.0. The van der Waals surface area contributed by atoms with Crippen molar-refractivity contribution in [1.29, 1.82) is 0 Å². The van der Waals surface area contributed by atoms with Crippen molar-refractivity contribution in [1.82, 2.24) is 15.3 Å². The highest BCUT2D eigenvalue weighted by Crippen LogP contribution is 2.29. The van der Waals surface area contributed by atoms with Crippen molar-refractivity contribution in [2.75, 3.05) is 11.4 Å². The number of hydrogen-bond donors (Lipinski definition) is 1. The van der Waals surface area contributed by atoms with Gasteiger partial charge in [-0.1, -0.05) is 42.5 Å². The van der Waals surface area contributed by atoms with Gasteiger partial charge in [0.2, 0.25) is 5.91 Å². The highest BCUT2D eigenvalue weighted by Gasteiger charge is 2.24. The number of benzene rings is 2. The lowest BCUT2D eigenvalue weighted by atomic mass is 10.1. The Bertz CT molecular complexity index is 1170. The summed E-state index contributed by atoms with van der Waals surface area (Å²) < 4.78 is 5.56. The minimum Gasteiger partial charge on any atom is -0.461 e. The van der Waals surface area contributed by atoms with Crippen LogP contribution in [0.5, 0.6) is 0 Å². The SMILES string of the molecule is O=C(CCN(Cc1ccccc1)c1nc(-c2ccco2)nc2ccccc12)NC1CC1. The number of amides is 1. The van der Waals surface area contributed by atoms with Crippen molar-refractivity contribution >= 4 is 22.6 Å². The van der Waals surface area contributed by atoms with Gasteiger partial charge in [0.1, 0.15) is 5.82 Å². The molecule has 5 rings (SSSR count). The molecule has 2 aromatic carbocycles. The van der Waals surface area contributed by atoms with E-state index in [0.29, 0.717) is 37.1 Å². The number of carbonyl (C=O) groups excluding carboxylic acids is 1. The van der Waals surface area contributed by atoms with Gasteiger partial charge in [-0.25, -0.2) is 9.97 Å². The third-order valence-electron chi connectivity index (χ3n) is 5.39. The Morgan fingerprint density at radius 1 is 1.00 bits per heavy atom. The van der Waals surface area contributed by atoms with E-state index in [1.165, 1.54) is 0 Å². The first kappa shape index (κ1) is 19.3. The summed E-state index contributed by atoms with van der Waals surface area (Å²) in [5.41, 5.74) is 2.01. The van der Waals surface area contributed by atoms with Gasteiger partial charge in [-0.05, 0) is 42.7 Å². The van der Waals surface area contributed by atoms with Gasteiger partial charge in [0.15, 0.2) is 11.6 Å². The van der Waals surface area contributed by atoms with Gasteiger partial charge in [-0.2, -0.15) is 0 Å². The van der Waals surface area contributed by atoms with Gasteiger partial charge >= 0.3 is 0 Å². The maximum atomic E-state index is 12.4. The summed E-state index contributed by atoms with van der Waals surface area (Å²) in [7, 11) is 0. The van der Waals surface area contributed by atoms with Gasteiger partial charge in [-0.3, -0.25) is 4.79 Å². The van der Waals surface area contributed by atoms with Crippen LogP contribution in [0.2, 0.25) is 0 Å². The first-order valence-electron chi connectivity index (χ1n) is 10.7. The van der Waals surface area contributed by atoms with Crippen LogP contribution in [-0.4, -0.2) is 28.5 Å². The smallest absolute Gasteiger partial charge is 0.221 e. The van der Waals surface area contributed by atoms with E-state index in [1.54, 1.807) is 6.26 Å². The molecular weight excluding hydrogens is 388 g/mol. The molecule has 6 heteroatoms. The molecule has 31 heavy (non-hydrogen) atoms. The maximum Gasteiger partial charge on any atom is 0.221 e. The van der Waals surface area contributed by atoms with E-state index in [4.69, 9.17) is 14.4 Å². The average molecular weight is 412 g/mol. The molecule has 1 amide bonds. The van der Waals surface area contributed by atoms with E-state index in [9.17, 15) is 4.79 Å². The summed E-state index contributed by atoms with van der Waals surface area (Å²) in [5, 5.41) is 4.04. The number of para-hydroxylation sites is 1. The van der Waals surface area contributed by atoms with Crippen molar-refractivity contribution in [2.45, 2.75) is 31.8 Å². The predicted octanol–water partition coefficient (Wildman–Crippen LogP) is 4.57. The summed E-state index contributed by atoms with van der Waals surface area (Å²) in [6.45, 7) is 1.21. The van der Waals surface area contributed by atoms with Crippen LogP contribution in [0.3, 0.4) is 0 Å². The summed E-state index contributed by atoms with van der Waals surface area (Å²) >= 11 is 0. The quantitative estimate of drug-likeness (QED) is 0.459. The van der Waals surface area contributed by atoms with E-state index in [2.05, 4.69) is 22.3 Å². The largest absolute Gasteiger partial charge is 0.461 e. The molecule has 2 heterocycles. The molecule has 0 atom stereocenters. The zero-order valence-electron chi connectivity index (χ0n) is 17.2. The minimum absolute atomic E-state index is 0.0881. The normalized spacial score (nSPS) is 13.3. The Morgan fingerprint density at radius 2 is 1.81 bits per heavy atom. The molecule has 0 aliphatic heterocycles. The Hall–Kier alpha value is -3.67. The third kappa shape index (κ3) is 4.58. The minimum atomic E-state index is 0.0881. The second kappa shape index (κ2) is 8.60. The van der Waals surface area contributed by atoms with Gasteiger partial charge in [0.05, 0.1) is 11.8 Å². The fourth-order valence-corrected chi connectivity index (χ4v) is 3.64. The van der Waals surface area contributed by atoms with E-state index in [-0.39, 0.29) is 5.91 Å². The number of carbonyl (C=O) groups is 1. The van der Waals surface area contributed by atoms with Gasteiger partial charge in [0, 0.05) is 30.9 Å². The predicted molar refractivity (Wildman–Crippen MR) is 121 cm³/mol. The fraction of sp³-hybridized carbons (Fsp3) is 0.240. The summed E-state index contributed by atoms with van der Waals surface area (Å²) in [4.78, 5) is 24.2. The molecule has 4 aromatic rings. The van der Waals surface area contributed by atoms with Crippen LogP contribution < -0.4 is 10.2 Å². The second-order valence-electron chi connectivity index (χ2n) is 7.86. The highest BCUT2D eigenvalue weighted by molar-refractivity contribution is 5.91. The first-order valence-corrected chi connectivity index (χ1v) is 10.7. The molecule has 1 aliphatic carbocycles. The second-order valence-corrected chi connectivity index (χ2v) is 7.86. The van der Waals surface area contributed by atoms with Gasteiger partial charge < -0.3 is 14.6 Å². The molecular formula is C25H24N4O2.